The first-order chi connectivity index (χ1) is 15.5. The van der Waals surface area contributed by atoms with Gasteiger partial charge in [0.1, 0.15) is 17.3 Å². The zero-order chi connectivity index (χ0) is 23.9. The summed E-state index contributed by atoms with van der Waals surface area (Å²) < 4.78 is 68.2. The number of hydrogen-bond donors (Lipinski definition) is 2. The van der Waals surface area contributed by atoms with E-state index in [-0.39, 0.29) is 42.1 Å². The largest absolute Gasteiger partial charge is 0.416 e. The fraction of sp³-hybridized carbons (Fsp3) is 0.190. The molecule has 1 aliphatic rings. The van der Waals surface area contributed by atoms with Crippen LogP contribution in [0.15, 0.2) is 42.5 Å². The molecule has 0 radical (unpaired) electrons. The Morgan fingerprint density at radius 3 is 2.45 bits per heavy atom. The summed E-state index contributed by atoms with van der Waals surface area (Å²) in [6.07, 6.45) is -4.83. The number of carbonyl (C=O) groups is 2. The first-order valence-electron chi connectivity index (χ1n) is 9.62. The summed E-state index contributed by atoms with van der Waals surface area (Å²) in [5.41, 5.74) is 4.09. The van der Waals surface area contributed by atoms with E-state index in [0.717, 1.165) is 12.1 Å². The Bertz CT molecular complexity index is 1250. The van der Waals surface area contributed by atoms with Crippen LogP contribution in [-0.2, 0) is 19.3 Å². The molecule has 0 fully saturated rings. The van der Waals surface area contributed by atoms with Gasteiger partial charge >= 0.3 is 12.2 Å². The predicted molar refractivity (Wildman–Crippen MR) is 107 cm³/mol. The van der Waals surface area contributed by atoms with Gasteiger partial charge in [-0.3, -0.25) is 9.48 Å². The number of nitrogens with one attached hydrogen (secondary N) is 1. The Balaban J connectivity index is 1.79. The van der Waals surface area contributed by atoms with Gasteiger partial charge in [0, 0.05) is 17.8 Å². The summed E-state index contributed by atoms with van der Waals surface area (Å²) in [5, 5.41) is 6.61. The summed E-state index contributed by atoms with van der Waals surface area (Å²) in [6, 6.07) is 6.14. The highest BCUT2D eigenvalue weighted by atomic mass is 19.4. The van der Waals surface area contributed by atoms with E-state index in [0.29, 0.717) is 12.1 Å². The van der Waals surface area contributed by atoms with Gasteiger partial charge in [-0.1, -0.05) is 12.1 Å². The van der Waals surface area contributed by atoms with Gasteiger partial charge in [0.2, 0.25) is 0 Å². The second-order valence-corrected chi connectivity index (χ2v) is 7.34. The number of halogens is 5. The Kier molecular flexibility index (Phi) is 5.52. The maximum Gasteiger partial charge on any atom is 0.416 e. The molecular weight excluding hydrogens is 449 g/mol. The van der Waals surface area contributed by atoms with Gasteiger partial charge < -0.3 is 16.0 Å². The topological polar surface area (TPSA) is 93.2 Å². The van der Waals surface area contributed by atoms with E-state index in [4.69, 9.17) is 5.73 Å². The lowest BCUT2D eigenvalue weighted by molar-refractivity contribution is -0.137. The number of amides is 3. The van der Waals surface area contributed by atoms with Gasteiger partial charge in [-0.15, -0.1) is 0 Å². The lowest BCUT2D eigenvalue weighted by Gasteiger charge is -2.26. The molecule has 2 aromatic carbocycles. The molecule has 3 amide bonds. The van der Waals surface area contributed by atoms with Crippen molar-refractivity contribution in [2.24, 2.45) is 5.73 Å². The van der Waals surface area contributed by atoms with Gasteiger partial charge in [0.25, 0.3) is 5.91 Å². The number of alkyl halides is 3. The van der Waals surface area contributed by atoms with Crippen LogP contribution in [0.3, 0.4) is 0 Å². The SMILES string of the molecule is NC(=O)N1CCn2nc(-c3cccc(F)c3)c(C(=O)Nc3cc(F)cc(C(F)(F)F)c3)c2C1. The van der Waals surface area contributed by atoms with Gasteiger partial charge in [-0.25, -0.2) is 13.6 Å². The van der Waals surface area contributed by atoms with E-state index in [1.54, 1.807) is 0 Å². The normalized spacial score (nSPS) is 13.5. The summed E-state index contributed by atoms with van der Waals surface area (Å²) in [5.74, 6) is -2.69. The van der Waals surface area contributed by atoms with E-state index >= 15 is 0 Å². The minimum Gasteiger partial charge on any atom is -0.351 e. The molecule has 4 rings (SSSR count). The van der Waals surface area contributed by atoms with Crippen LogP contribution in [0.2, 0.25) is 0 Å². The van der Waals surface area contributed by atoms with Gasteiger partial charge in [-0.2, -0.15) is 18.3 Å². The van der Waals surface area contributed by atoms with E-state index in [1.807, 2.05) is 0 Å². The Hall–Kier alpha value is -3.96. The highest BCUT2D eigenvalue weighted by Crippen LogP contribution is 2.33. The number of rotatable bonds is 3. The molecule has 1 aromatic heterocycles. The molecule has 3 N–H and O–H groups in total. The third-order valence-electron chi connectivity index (χ3n) is 5.10. The zero-order valence-electron chi connectivity index (χ0n) is 16.8. The van der Waals surface area contributed by atoms with E-state index in [2.05, 4.69) is 10.4 Å². The maximum atomic E-state index is 13.8. The number of primary amides is 1. The molecule has 1 aliphatic heterocycles. The van der Waals surface area contributed by atoms with Crippen molar-refractivity contribution >= 4 is 17.6 Å². The van der Waals surface area contributed by atoms with Crippen molar-refractivity contribution in [1.82, 2.24) is 14.7 Å². The maximum absolute atomic E-state index is 13.8. The monoisotopic (exact) mass is 465 g/mol. The molecule has 0 saturated heterocycles. The van der Waals surface area contributed by atoms with Crippen molar-refractivity contribution in [1.29, 1.82) is 0 Å². The number of benzene rings is 2. The summed E-state index contributed by atoms with van der Waals surface area (Å²) in [4.78, 5) is 26.1. The standard InChI is InChI=1S/C21H16F5N5O2/c22-13-3-1-2-11(6-13)18-17(16-10-30(20(27)33)4-5-31(16)29-18)19(32)28-15-8-12(21(24,25)26)7-14(23)9-15/h1-3,6-9H,4-5,10H2,(H2,27,33)(H,28,32). The smallest absolute Gasteiger partial charge is 0.351 e. The van der Waals surface area contributed by atoms with E-state index < -0.39 is 41.0 Å². The van der Waals surface area contributed by atoms with Crippen molar-refractivity contribution in [2.45, 2.75) is 19.3 Å². The Morgan fingerprint density at radius 1 is 1.03 bits per heavy atom. The highest BCUT2D eigenvalue weighted by Gasteiger charge is 2.33. The minimum atomic E-state index is -4.83. The first kappa shape index (κ1) is 22.2. The van der Waals surface area contributed by atoms with E-state index in [9.17, 15) is 31.5 Å². The first-order valence-corrected chi connectivity index (χ1v) is 9.62. The lowest BCUT2D eigenvalue weighted by atomic mass is 10.0. The summed E-state index contributed by atoms with van der Waals surface area (Å²) >= 11 is 0. The fourth-order valence-electron chi connectivity index (χ4n) is 3.60. The quantitative estimate of drug-likeness (QED) is 0.573. The van der Waals surface area contributed by atoms with Crippen LogP contribution in [0.4, 0.5) is 32.4 Å². The van der Waals surface area contributed by atoms with Crippen LogP contribution >= 0.6 is 0 Å². The van der Waals surface area contributed by atoms with Gasteiger partial charge in [0.05, 0.1) is 29.9 Å². The Labute approximate surface area is 183 Å². The van der Waals surface area contributed by atoms with Crippen molar-refractivity contribution in [3.05, 3.63) is 70.9 Å². The predicted octanol–water partition coefficient (Wildman–Crippen LogP) is 3.99. The van der Waals surface area contributed by atoms with Crippen LogP contribution in [-0.4, -0.2) is 33.2 Å². The molecule has 3 aromatic rings. The number of fused-ring (bicyclic) bond motifs is 1. The molecule has 0 atom stereocenters. The van der Waals surface area contributed by atoms with E-state index in [1.165, 1.54) is 27.8 Å². The molecular formula is C21H16F5N5O2. The second-order valence-electron chi connectivity index (χ2n) is 7.34. The number of hydrogen-bond acceptors (Lipinski definition) is 3. The number of aromatic nitrogens is 2. The molecule has 2 heterocycles. The van der Waals surface area contributed by atoms with Crippen molar-refractivity contribution in [2.75, 3.05) is 11.9 Å². The molecule has 0 spiro atoms. The van der Waals surface area contributed by atoms with Crippen LogP contribution < -0.4 is 11.1 Å². The third kappa shape index (κ3) is 4.49. The molecule has 172 valence electrons. The van der Waals surface area contributed by atoms with Gasteiger partial charge in [-0.05, 0) is 30.3 Å². The van der Waals surface area contributed by atoms with Crippen LogP contribution in [0.1, 0.15) is 21.6 Å². The number of urea groups is 1. The van der Waals surface area contributed by atoms with Gasteiger partial charge in [0.15, 0.2) is 0 Å². The number of nitrogens with two attached hydrogens (primary N) is 1. The van der Waals surface area contributed by atoms with Crippen molar-refractivity contribution < 1.29 is 31.5 Å². The molecule has 33 heavy (non-hydrogen) atoms. The Morgan fingerprint density at radius 2 is 1.79 bits per heavy atom. The number of carbonyl (C=O) groups excluding carboxylic acids is 2. The average Bonchev–Trinajstić information content (AvgIpc) is 3.11. The zero-order valence-corrected chi connectivity index (χ0v) is 16.8. The number of anilines is 1. The third-order valence-corrected chi connectivity index (χ3v) is 5.10. The molecule has 12 heteroatoms. The molecule has 7 nitrogen and oxygen atoms in total. The fourth-order valence-corrected chi connectivity index (χ4v) is 3.60. The van der Waals surface area contributed by atoms with Crippen LogP contribution in [0.25, 0.3) is 11.3 Å². The summed E-state index contributed by atoms with van der Waals surface area (Å²) in [6.45, 7) is 0.302. The van der Waals surface area contributed by atoms with Crippen molar-refractivity contribution in [3.8, 4) is 11.3 Å². The minimum absolute atomic E-state index is 0.0563. The average molecular weight is 465 g/mol. The highest BCUT2D eigenvalue weighted by molar-refractivity contribution is 6.09. The second kappa shape index (κ2) is 8.19. The lowest BCUT2D eigenvalue weighted by Crippen LogP contribution is -2.42. The van der Waals surface area contributed by atoms with Crippen LogP contribution in [0.5, 0.6) is 0 Å². The van der Waals surface area contributed by atoms with Crippen LogP contribution in [0, 0.1) is 11.6 Å². The molecule has 0 saturated carbocycles. The summed E-state index contributed by atoms with van der Waals surface area (Å²) in [7, 11) is 0. The number of nitrogens with zero attached hydrogens (tertiary/aromatic N) is 3. The molecule has 0 unspecified atom stereocenters. The van der Waals surface area contributed by atoms with Crippen molar-refractivity contribution in [3.63, 3.8) is 0 Å². The molecule has 0 aliphatic carbocycles. The molecule has 0 bridgehead atoms.